The molecular formula is C23H24FN5O. The molecule has 3 aromatic rings. The number of hydrogen-bond acceptors (Lipinski definition) is 4. The van der Waals surface area contributed by atoms with Gasteiger partial charge in [-0.05, 0) is 35.4 Å². The second-order valence-electron chi connectivity index (χ2n) is 7.40. The molecule has 1 fully saturated rings. The van der Waals surface area contributed by atoms with Gasteiger partial charge >= 0.3 is 0 Å². The van der Waals surface area contributed by atoms with Gasteiger partial charge in [-0.25, -0.2) is 4.39 Å². The zero-order valence-corrected chi connectivity index (χ0v) is 17.1. The molecule has 1 aliphatic heterocycles. The number of nitrogens with zero attached hydrogens (tertiary/aromatic N) is 4. The molecule has 3 heterocycles. The Morgan fingerprint density at radius 2 is 1.60 bits per heavy atom. The summed E-state index contributed by atoms with van der Waals surface area (Å²) in [4.78, 5) is 20.0. The number of nitrogens with one attached hydrogen (secondary N) is 1. The zero-order valence-electron chi connectivity index (χ0n) is 17.1. The number of halogens is 1. The Balaban J connectivity index is 1.91. The fourth-order valence-corrected chi connectivity index (χ4v) is 4.16. The van der Waals surface area contributed by atoms with Crippen LogP contribution in [0.1, 0.15) is 12.6 Å². The smallest absolute Gasteiger partial charge is 0.219 e. The fraction of sp³-hybridized carbons (Fsp3) is 0.261. The normalized spacial score (nSPS) is 14.1. The highest BCUT2D eigenvalue weighted by Crippen LogP contribution is 2.43. The summed E-state index contributed by atoms with van der Waals surface area (Å²) in [5, 5.41) is 8.09. The first-order valence-corrected chi connectivity index (χ1v) is 9.91. The van der Waals surface area contributed by atoms with Crippen LogP contribution in [0.2, 0.25) is 0 Å². The van der Waals surface area contributed by atoms with E-state index in [0.717, 1.165) is 33.8 Å². The molecule has 1 aromatic carbocycles. The van der Waals surface area contributed by atoms with E-state index in [0.29, 0.717) is 26.2 Å². The van der Waals surface area contributed by atoms with Crippen LogP contribution in [-0.2, 0) is 11.8 Å². The topological polar surface area (TPSA) is 65.2 Å². The third kappa shape index (κ3) is 3.47. The third-order valence-corrected chi connectivity index (χ3v) is 5.67. The molecule has 30 heavy (non-hydrogen) atoms. The van der Waals surface area contributed by atoms with E-state index in [1.54, 1.807) is 31.5 Å². The van der Waals surface area contributed by atoms with Crippen LogP contribution < -0.4 is 4.90 Å². The van der Waals surface area contributed by atoms with Crippen LogP contribution in [0.25, 0.3) is 22.3 Å². The van der Waals surface area contributed by atoms with Gasteiger partial charge in [0.05, 0.1) is 5.69 Å². The van der Waals surface area contributed by atoms with Crippen LogP contribution in [0, 0.1) is 11.2 Å². The summed E-state index contributed by atoms with van der Waals surface area (Å²) in [6.45, 7) is 4.32. The molecular weight excluding hydrogens is 381 g/mol. The number of aromatic nitrogens is 2. The Bertz CT molecular complexity index is 1070. The molecule has 0 saturated carbocycles. The summed E-state index contributed by atoms with van der Waals surface area (Å²) >= 11 is 0. The highest BCUT2D eigenvalue weighted by atomic mass is 19.1. The second kappa shape index (κ2) is 8.10. The number of carbonyl (C=O) groups excluding carboxylic acids is 1. The maximum atomic E-state index is 13.6. The molecule has 7 heteroatoms. The van der Waals surface area contributed by atoms with Gasteiger partial charge in [-0.2, -0.15) is 0 Å². The molecule has 6 nitrogen and oxygen atoms in total. The average molecular weight is 405 g/mol. The van der Waals surface area contributed by atoms with Crippen molar-refractivity contribution in [1.29, 1.82) is 5.41 Å². The minimum absolute atomic E-state index is 0.0862. The Labute approximate surface area is 175 Å². The summed E-state index contributed by atoms with van der Waals surface area (Å²) < 4.78 is 15.6. The molecule has 1 N–H and O–H groups in total. The quantitative estimate of drug-likeness (QED) is 0.675. The first-order chi connectivity index (χ1) is 14.5. The number of piperazine rings is 1. The molecule has 1 saturated heterocycles. The van der Waals surface area contributed by atoms with E-state index in [-0.39, 0.29) is 11.7 Å². The summed E-state index contributed by atoms with van der Waals surface area (Å²) in [6.07, 6.45) is 4.84. The molecule has 0 bridgehead atoms. The highest BCUT2D eigenvalue weighted by Gasteiger charge is 2.28. The van der Waals surface area contributed by atoms with E-state index < -0.39 is 0 Å². The van der Waals surface area contributed by atoms with Crippen molar-refractivity contribution in [3.05, 3.63) is 60.3 Å². The monoisotopic (exact) mass is 405 g/mol. The standard InChI is InChI=1S/C23H24FN5O/c1-16(30)28-11-13-29(14-12-28)23-22(18-7-9-26-10-8-18)21(20(15-25)27(23)2)17-3-5-19(24)6-4-17/h3-10,15,25H,11-14H2,1-2H3. The van der Waals surface area contributed by atoms with Gasteiger partial charge in [-0.3, -0.25) is 9.78 Å². The van der Waals surface area contributed by atoms with Crippen molar-refractivity contribution in [2.75, 3.05) is 31.1 Å². The van der Waals surface area contributed by atoms with E-state index in [9.17, 15) is 9.18 Å². The van der Waals surface area contributed by atoms with Crippen molar-refractivity contribution >= 4 is 17.9 Å². The Morgan fingerprint density at radius 1 is 1.00 bits per heavy atom. The molecule has 0 aliphatic carbocycles. The summed E-state index contributed by atoms with van der Waals surface area (Å²) in [7, 11) is 1.95. The van der Waals surface area contributed by atoms with E-state index in [1.807, 2.05) is 28.6 Å². The molecule has 1 amide bonds. The fourth-order valence-electron chi connectivity index (χ4n) is 4.16. The Kier molecular flexibility index (Phi) is 5.35. The van der Waals surface area contributed by atoms with Gasteiger partial charge in [-0.15, -0.1) is 0 Å². The van der Waals surface area contributed by atoms with Crippen molar-refractivity contribution in [1.82, 2.24) is 14.5 Å². The molecule has 2 aromatic heterocycles. The van der Waals surface area contributed by atoms with Crippen molar-refractivity contribution in [2.45, 2.75) is 6.92 Å². The molecule has 0 atom stereocenters. The van der Waals surface area contributed by atoms with E-state index >= 15 is 0 Å². The minimum Gasteiger partial charge on any atom is -0.354 e. The lowest BCUT2D eigenvalue weighted by Gasteiger charge is -2.36. The first kappa shape index (κ1) is 19.8. The molecule has 0 unspecified atom stereocenters. The van der Waals surface area contributed by atoms with Gasteiger partial charge in [0.25, 0.3) is 0 Å². The largest absolute Gasteiger partial charge is 0.354 e. The van der Waals surface area contributed by atoms with Gasteiger partial charge in [-0.1, -0.05) is 12.1 Å². The lowest BCUT2D eigenvalue weighted by molar-refractivity contribution is -0.129. The number of amides is 1. The second-order valence-corrected chi connectivity index (χ2v) is 7.40. The number of rotatable bonds is 4. The van der Waals surface area contributed by atoms with Gasteiger partial charge in [0.15, 0.2) is 0 Å². The lowest BCUT2D eigenvalue weighted by atomic mass is 9.96. The van der Waals surface area contributed by atoms with Crippen molar-refractivity contribution in [3.8, 4) is 22.3 Å². The van der Waals surface area contributed by atoms with Gasteiger partial charge in [0.2, 0.25) is 5.91 Å². The molecule has 0 radical (unpaired) electrons. The van der Waals surface area contributed by atoms with E-state index in [2.05, 4.69) is 9.88 Å². The predicted molar refractivity (Wildman–Crippen MR) is 116 cm³/mol. The van der Waals surface area contributed by atoms with E-state index in [1.165, 1.54) is 18.3 Å². The highest BCUT2D eigenvalue weighted by molar-refractivity contribution is 6.01. The number of anilines is 1. The number of pyridine rings is 1. The lowest BCUT2D eigenvalue weighted by Crippen LogP contribution is -2.48. The van der Waals surface area contributed by atoms with Crippen LogP contribution in [0.15, 0.2) is 48.8 Å². The Morgan fingerprint density at radius 3 is 2.17 bits per heavy atom. The molecule has 4 rings (SSSR count). The minimum atomic E-state index is -0.294. The van der Waals surface area contributed by atoms with Crippen molar-refractivity contribution < 1.29 is 9.18 Å². The molecule has 1 aliphatic rings. The van der Waals surface area contributed by atoms with Crippen molar-refractivity contribution in [2.24, 2.45) is 7.05 Å². The van der Waals surface area contributed by atoms with Crippen molar-refractivity contribution in [3.63, 3.8) is 0 Å². The van der Waals surface area contributed by atoms with Crippen LogP contribution in [0.5, 0.6) is 0 Å². The summed E-state index contributed by atoms with van der Waals surface area (Å²) in [6, 6.07) is 10.3. The number of benzene rings is 1. The zero-order chi connectivity index (χ0) is 21.3. The molecule has 154 valence electrons. The number of carbonyl (C=O) groups is 1. The SMILES string of the molecule is CC(=O)N1CCN(c2c(-c3ccncc3)c(-c3ccc(F)cc3)c(C=N)n2C)CC1. The predicted octanol–water partition coefficient (Wildman–Crippen LogP) is 3.56. The van der Waals surface area contributed by atoms with Crippen LogP contribution >= 0.6 is 0 Å². The van der Waals surface area contributed by atoms with Crippen LogP contribution in [0.4, 0.5) is 10.2 Å². The summed E-state index contributed by atoms with van der Waals surface area (Å²) in [5.41, 5.74) is 4.46. The van der Waals surface area contributed by atoms with Gasteiger partial charge < -0.3 is 19.8 Å². The third-order valence-electron chi connectivity index (χ3n) is 5.67. The maximum Gasteiger partial charge on any atom is 0.219 e. The van der Waals surface area contributed by atoms with Crippen LogP contribution in [0.3, 0.4) is 0 Å². The Hall–Kier alpha value is -3.48. The van der Waals surface area contributed by atoms with E-state index in [4.69, 9.17) is 5.41 Å². The average Bonchev–Trinajstić information content (AvgIpc) is 3.07. The number of hydrogen-bond donors (Lipinski definition) is 1. The molecule has 0 spiro atoms. The van der Waals surface area contributed by atoms with Gasteiger partial charge in [0, 0.05) is 69.9 Å². The van der Waals surface area contributed by atoms with Gasteiger partial charge in [0.1, 0.15) is 11.6 Å². The van der Waals surface area contributed by atoms with Crippen LogP contribution in [-0.4, -0.2) is 52.8 Å². The summed E-state index contributed by atoms with van der Waals surface area (Å²) in [5.74, 6) is 0.780. The first-order valence-electron chi connectivity index (χ1n) is 9.91. The maximum absolute atomic E-state index is 13.6.